The molecule has 0 saturated heterocycles. The van der Waals surface area contributed by atoms with Crippen molar-refractivity contribution in [3.8, 4) is 0 Å². The molecule has 0 N–H and O–H groups in total. The number of hydrogen-bond acceptors (Lipinski definition) is 2. The fourth-order valence-electron chi connectivity index (χ4n) is 1.71. The SMILES string of the molecule is O=C1c2cc(Cl)ccc2SC12CC2. The van der Waals surface area contributed by atoms with Crippen molar-refractivity contribution in [2.24, 2.45) is 0 Å². The van der Waals surface area contributed by atoms with Gasteiger partial charge in [-0.05, 0) is 31.0 Å². The zero-order valence-electron chi connectivity index (χ0n) is 6.84. The summed E-state index contributed by atoms with van der Waals surface area (Å²) in [5, 5.41) is 0.658. The molecule has 0 bridgehead atoms. The van der Waals surface area contributed by atoms with Gasteiger partial charge in [-0.1, -0.05) is 11.6 Å². The number of rotatable bonds is 0. The van der Waals surface area contributed by atoms with Crippen molar-refractivity contribution in [1.29, 1.82) is 0 Å². The van der Waals surface area contributed by atoms with E-state index in [1.807, 2.05) is 12.1 Å². The van der Waals surface area contributed by atoms with Crippen LogP contribution in [0.3, 0.4) is 0 Å². The van der Waals surface area contributed by atoms with Crippen molar-refractivity contribution in [3.63, 3.8) is 0 Å². The number of benzene rings is 1. The lowest BCUT2D eigenvalue weighted by Crippen LogP contribution is -2.11. The maximum absolute atomic E-state index is 11.9. The molecule has 1 spiro atoms. The highest BCUT2D eigenvalue weighted by atomic mass is 35.5. The number of halogens is 1. The van der Waals surface area contributed by atoms with E-state index in [-0.39, 0.29) is 10.5 Å². The maximum atomic E-state index is 11.9. The second kappa shape index (κ2) is 2.31. The smallest absolute Gasteiger partial charge is 0.180 e. The van der Waals surface area contributed by atoms with E-state index in [1.54, 1.807) is 17.8 Å². The van der Waals surface area contributed by atoms with E-state index in [0.29, 0.717) is 5.02 Å². The molecule has 1 aliphatic heterocycles. The number of carbonyl (C=O) groups excluding carboxylic acids is 1. The van der Waals surface area contributed by atoms with Crippen molar-refractivity contribution in [2.45, 2.75) is 22.5 Å². The molecule has 13 heavy (non-hydrogen) atoms. The topological polar surface area (TPSA) is 17.1 Å². The van der Waals surface area contributed by atoms with Crippen LogP contribution >= 0.6 is 23.4 Å². The van der Waals surface area contributed by atoms with Crippen molar-refractivity contribution in [3.05, 3.63) is 28.8 Å². The van der Waals surface area contributed by atoms with Gasteiger partial charge in [-0.25, -0.2) is 0 Å². The Kier molecular flexibility index (Phi) is 1.40. The van der Waals surface area contributed by atoms with Crippen LogP contribution in [0.15, 0.2) is 23.1 Å². The van der Waals surface area contributed by atoms with E-state index < -0.39 is 0 Å². The molecule has 0 amide bonds. The van der Waals surface area contributed by atoms with E-state index in [2.05, 4.69) is 0 Å². The molecular formula is C10H7ClOS. The fourth-order valence-corrected chi connectivity index (χ4v) is 3.21. The molecule has 2 aliphatic rings. The Bertz CT molecular complexity index is 409. The monoisotopic (exact) mass is 210 g/mol. The van der Waals surface area contributed by atoms with E-state index in [9.17, 15) is 4.79 Å². The first-order valence-corrected chi connectivity index (χ1v) is 5.44. The van der Waals surface area contributed by atoms with Gasteiger partial charge in [-0.3, -0.25) is 4.79 Å². The summed E-state index contributed by atoms with van der Waals surface area (Å²) < 4.78 is -0.0764. The molecule has 3 rings (SSSR count). The third kappa shape index (κ3) is 0.990. The Morgan fingerprint density at radius 2 is 2.15 bits per heavy atom. The molecule has 3 heteroatoms. The van der Waals surface area contributed by atoms with Crippen molar-refractivity contribution in [1.82, 2.24) is 0 Å². The van der Waals surface area contributed by atoms with E-state index >= 15 is 0 Å². The van der Waals surface area contributed by atoms with Crippen LogP contribution in [0.2, 0.25) is 5.02 Å². The lowest BCUT2D eigenvalue weighted by atomic mass is 10.1. The van der Waals surface area contributed by atoms with Crippen LogP contribution in [0.25, 0.3) is 0 Å². The Hall–Kier alpha value is -0.470. The highest BCUT2D eigenvalue weighted by Gasteiger charge is 2.55. The minimum atomic E-state index is -0.0764. The standard InChI is InChI=1S/C10H7ClOS/c11-6-1-2-8-7(5-6)9(12)10(13-8)3-4-10/h1-2,5H,3-4H2. The average Bonchev–Trinajstić information content (AvgIpc) is 2.83. The Labute approximate surface area is 85.5 Å². The molecule has 1 heterocycles. The van der Waals surface area contributed by atoms with Crippen LogP contribution in [0, 0.1) is 0 Å². The molecule has 1 aromatic carbocycles. The zero-order valence-corrected chi connectivity index (χ0v) is 8.41. The highest BCUT2D eigenvalue weighted by Crippen LogP contribution is 2.59. The summed E-state index contributed by atoms with van der Waals surface area (Å²) in [7, 11) is 0. The maximum Gasteiger partial charge on any atom is 0.180 e. The van der Waals surface area contributed by atoms with Gasteiger partial charge in [-0.2, -0.15) is 0 Å². The van der Waals surface area contributed by atoms with Crippen molar-refractivity contribution in [2.75, 3.05) is 0 Å². The van der Waals surface area contributed by atoms with E-state index in [0.717, 1.165) is 23.3 Å². The number of thioether (sulfide) groups is 1. The van der Waals surface area contributed by atoms with Crippen LogP contribution in [0.1, 0.15) is 23.2 Å². The molecule has 66 valence electrons. The van der Waals surface area contributed by atoms with Gasteiger partial charge >= 0.3 is 0 Å². The Morgan fingerprint density at radius 1 is 1.38 bits per heavy atom. The van der Waals surface area contributed by atoms with Crippen molar-refractivity contribution < 1.29 is 4.79 Å². The minimum absolute atomic E-state index is 0.0764. The predicted molar refractivity (Wildman–Crippen MR) is 53.6 cm³/mol. The first kappa shape index (κ1) is 7.89. The minimum Gasteiger partial charge on any atom is -0.293 e. The van der Waals surface area contributed by atoms with Crippen LogP contribution in [-0.2, 0) is 0 Å². The zero-order chi connectivity index (χ0) is 9.05. The summed E-state index contributed by atoms with van der Waals surface area (Å²) in [6.45, 7) is 0. The van der Waals surface area contributed by atoms with Crippen LogP contribution in [0.4, 0.5) is 0 Å². The summed E-state index contributed by atoms with van der Waals surface area (Å²) >= 11 is 7.55. The lowest BCUT2D eigenvalue weighted by molar-refractivity contribution is 0.0983. The molecular weight excluding hydrogens is 204 g/mol. The number of ketones is 1. The van der Waals surface area contributed by atoms with E-state index in [1.165, 1.54) is 0 Å². The summed E-state index contributed by atoms with van der Waals surface area (Å²) in [5.74, 6) is 0.287. The molecule has 1 aliphatic carbocycles. The molecule has 1 saturated carbocycles. The lowest BCUT2D eigenvalue weighted by Gasteiger charge is -1.97. The summed E-state index contributed by atoms with van der Waals surface area (Å²) in [5.41, 5.74) is 0.829. The van der Waals surface area contributed by atoms with Crippen LogP contribution < -0.4 is 0 Å². The Balaban J connectivity index is 2.18. The van der Waals surface area contributed by atoms with Gasteiger partial charge in [0.2, 0.25) is 0 Å². The van der Waals surface area contributed by atoms with Gasteiger partial charge in [0.05, 0.1) is 4.75 Å². The van der Waals surface area contributed by atoms with Gasteiger partial charge in [0.15, 0.2) is 5.78 Å². The van der Waals surface area contributed by atoms with Crippen molar-refractivity contribution >= 4 is 29.1 Å². The predicted octanol–water partition coefficient (Wildman–Crippen LogP) is 3.16. The van der Waals surface area contributed by atoms with Gasteiger partial charge in [0.1, 0.15) is 0 Å². The summed E-state index contributed by atoms with van der Waals surface area (Å²) in [6.07, 6.45) is 2.06. The van der Waals surface area contributed by atoms with Gasteiger partial charge < -0.3 is 0 Å². The number of carbonyl (C=O) groups is 1. The van der Waals surface area contributed by atoms with Gasteiger partial charge in [0.25, 0.3) is 0 Å². The Morgan fingerprint density at radius 3 is 2.85 bits per heavy atom. The normalized spacial score (nSPS) is 22.1. The summed E-state index contributed by atoms with van der Waals surface area (Å²) in [4.78, 5) is 13.0. The summed E-state index contributed by atoms with van der Waals surface area (Å²) in [6, 6.07) is 5.59. The largest absolute Gasteiger partial charge is 0.293 e. The molecule has 0 radical (unpaired) electrons. The molecule has 0 aromatic heterocycles. The average molecular weight is 211 g/mol. The fraction of sp³-hybridized carbons (Fsp3) is 0.300. The molecule has 1 nitrogen and oxygen atoms in total. The first-order chi connectivity index (χ1) is 6.21. The van der Waals surface area contributed by atoms with Crippen LogP contribution in [0.5, 0.6) is 0 Å². The second-order valence-electron chi connectivity index (χ2n) is 3.57. The molecule has 1 aromatic rings. The number of hydrogen-bond donors (Lipinski definition) is 0. The van der Waals surface area contributed by atoms with Gasteiger partial charge in [0, 0.05) is 15.5 Å². The molecule has 0 atom stereocenters. The number of fused-ring (bicyclic) bond motifs is 1. The first-order valence-electron chi connectivity index (χ1n) is 4.25. The molecule has 0 unspecified atom stereocenters. The molecule has 1 fully saturated rings. The van der Waals surface area contributed by atoms with Crippen LogP contribution in [-0.4, -0.2) is 10.5 Å². The van der Waals surface area contributed by atoms with E-state index in [4.69, 9.17) is 11.6 Å². The second-order valence-corrected chi connectivity index (χ2v) is 5.43. The quantitative estimate of drug-likeness (QED) is 0.655. The highest BCUT2D eigenvalue weighted by molar-refractivity contribution is 8.02. The van der Waals surface area contributed by atoms with Gasteiger partial charge in [-0.15, -0.1) is 11.8 Å². The third-order valence-electron chi connectivity index (χ3n) is 2.61. The number of Topliss-reactive ketones (excluding diaryl/α,β-unsaturated/α-hetero) is 1. The third-order valence-corrected chi connectivity index (χ3v) is 4.40.